The number of nitrogens with one attached hydrogen (secondary N) is 2. The number of ether oxygens (including phenoxy) is 1. The van der Waals surface area contributed by atoms with Crippen LogP contribution in [0, 0.1) is 5.92 Å². The van der Waals surface area contributed by atoms with Gasteiger partial charge in [-0.15, -0.1) is 0 Å². The van der Waals surface area contributed by atoms with Crippen molar-refractivity contribution in [2.24, 2.45) is 5.92 Å². The van der Waals surface area contributed by atoms with Crippen molar-refractivity contribution in [3.63, 3.8) is 0 Å². The van der Waals surface area contributed by atoms with Gasteiger partial charge in [-0.25, -0.2) is 0 Å². The summed E-state index contributed by atoms with van der Waals surface area (Å²) in [5.74, 6) is 1.43. The van der Waals surface area contributed by atoms with Crippen LogP contribution in [0.15, 0.2) is 54.6 Å². The molecule has 0 heterocycles. The molecule has 0 amide bonds. The lowest BCUT2D eigenvalue weighted by atomic mass is 9.97. The molecule has 2 N–H and O–H groups in total. The third kappa shape index (κ3) is 6.20. The van der Waals surface area contributed by atoms with Crippen LogP contribution >= 0.6 is 12.2 Å². The van der Waals surface area contributed by atoms with E-state index in [0.29, 0.717) is 17.6 Å². The first-order valence-electron chi connectivity index (χ1n) is 8.53. The van der Waals surface area contributed by atoms with Crippen LogP contribution in [0.1, 0.15) is 25.8 Å². The number of rotatable bonds is 8. The molecule has 2 rings (SSSR count). The number of anilines is 1. The average Bonchev–Trinajstić information content (AvgIpc) is 2.61. The summed E-state index contributed by atoms with van der Waals surface area (Å²) < 4.78 is 5.44. The molecule has 0 saturated heterocycles. The van der Waals surface area contributed by atoms with Crippen LogP contribution in [0.4, 0.5) is 5.69 Å². The van der Waals surface area contributed by atoms with E-state index in [1.165, 1.54) is 5.56 Å². The van der Waals surface area contributed by atoms with E-state index in [-0.39, 0.29) is 0 Å². The van der Waals surface area contributed by atoms with Gasteiger partial charge >= 0.3 is 0 Å². The zero-order valence-corrected chi connectivity index (χ0v) is 15.2. The Labute approximate surface area is 150 Å². The van der Waals surface area contributed by atoms with Gasteiger partial charge in [0.2, 0.25) is 0 Å². The van der Waals surface area contributed by atoms with Gasteiger partial charge in [-0.2, -0.15) is 0 Å². The zero-order valence-electron chi connectivity index (χ0n) is 14.4. The van der Waals surface area contributed by atoms with E-state index in [0.717, 1.165) is 30.8 Å². The molecule has 24 heavy (non-hydrogen) atoms. The predicted molar refractivity (Wildman–Crippen MR) is 106 cm³/mol. The van der Waals surface area contributed by atoms with E-state index < -0.39 is 0 Å². The molecule has 0 aliphatic rings. The highest BCUT2D eigenvalue weighted by Gasteiger charge is 2.08. The SMILES string of the molecule is CCOc1ccc(NC(=S)NCC(CC)Cc2ccccc2)cc1. The molecule has 0 spiro atoms. The van der Waals surface area contributed by atoms with Crippen molar-refractivity contribution in [2.45, 2.75) is 26.7 Å². The third-order valence-electron chi connectivity index (χ3n) is 3.92. The third-order valence-corrected chi connectivity index (χ3v) is 4.17. The molecule has 3 nitrogen and oxygen atoms in total. The Morgan fingerprint density at radius 3 is 2.38 bits per heavy atom. The summed E-state index contributed by atoms with van der Waals surface area (Å²) in [6, 6.07) is 18.4. The fraction of sp³-hybridized carbons (Fsp3) is 0.350. The second-order valence-electron chi connectivity index (χ2n) is 5.76. The molecule has 1 unspecified atom stereocenters. The van der Waals surface area contributed by atoms with E-state index in [1.807, 2.05) is 31.2 Å². The standard InChI is InChI=1S/C20H26N2OS/c1-3-16(14-17-8-6-5-7-9-17)15-21-20(24)22-18-10-12-19(13-11-18)23-4-2/h5-13,16H,3-4,14-15H2,1-2H3,(H2,21,22,24). The first-order chi connectivity index (χ1) is 11.7. The Bertz CT molecular complexity index is 613. The molecule has 2 aromatic rings. The summed E-state index contributed by atoms with van der Waals surface area (Å²) in [5, 5.41) is 7.21. The molecule has 0 aliphatic carbocycles. The molecule has 128 valence electrons. The summed E-state index contributed by atoms with van der Waals surface area (Å²) >= 11 is 5.40. The molecule has 0 fully saturated rings. The lowest BCUT2D eigenvalue weighted by molar-refractivity contribution is 0.340. The number of hydrogen-bond donors (Lipinski definition) is 2. The van der Waals surface area contributed by atoms with Crippen molar-refractivity contribution in [3.8, 4) is 5.75 Å². The highest BCUT2D eigenvalue weighted by Crippen LogP contribution is 2.16. The van der Waals surface area contributed by atoms with Crippen LogP contribution in [-0.2, 0) is 6.42 Å². The summed E-state index contributed by atoms with van der Waals surface area (Å²) in [7, 11) is 0. The minimum absolute atomic E-state index is 0.562. The van der Waals surface area contributed by atoms with Crippen molar-refractivity contribution < 1.29 is 4.74 Å². The molecule has 2 aromatic carbocycles. The van der Waals surface area contributed by atoms with E-state index in [9.17, 15) is 0 Å². The normalized spacial score (nSPS) is 11.6. The van der Waals surface area contributed by atoms with Crippen molar-refractivity contribution >= 4 is 23.0 Å². The maximum absolute atomic E-state index is 5.44. The number of thiocarbonyl (C=S) groups is 1. The summed E-state index contributed by atoms with van der Waals surface area (Å²) in [6.07, 6.45) is 2.18. The first kappa shape index (κ1) is 18.3. The maximum atomic E-state index is 5.44. The Balaban J connectivity index is 1.78. The predicted octanol–water partition coefficient (Wildman–Crippen LogP) is 4.64. The maximum Gasteiger partial charge on any atom is 0.170 e. The van der Waals surface area contributed by atoms with Crippen LogP contribution < -0.4 is 15.4 Å². The van der Waals surface area contributed by atoms with Crippen LogP contribution in [0.3, 0.4) is 0 Å². The zero-order chi connectivity index (χ0) is 17.2. The fourth-order valence-corrected chi connectivity index (χ4v) is 2.72. The minimum Gasteiger partial charge on any atom is -0.494 e. The van der Waals surface area contributed by atoms with Crippen molar-refractivity contribution in [1.29, 1.82) is 0 Å². The molecule has 0 aromatic heterocycles. The summed E-state index contributed by atoms with van der Waals surface area (Å²) in [6.45, 7) is 5.74. The van der Waals surface area contributed by atoms with Gasteiger partial charge in [0.15, 0.2) is 5.11 Å². The van der Waals surface area contributed by atoms with Gasteiger partial charge in [-0.05, 0) is 61.3 Å². The number of hydrogen-bond acceptors (Lipinski definition) is 2. The molecule has 0 radical (unpaired) electrons. The summed E-state index contributed by atoms with van der Waals surface area (Å²) in [5.41, 5.74) is 2.34. The van der Waals surface area contributed by atoms with E-state index in [4.69, 9.17) is 17.0 Å². The first-order valence-corrected chi connectivity index (χ1v) is 8.93. The molecule has 0 bridgehead atoms. The Hall–Kier alpha value is -2.07. The Morgan fingerprint density at radius 2 is 1.75 bits per heavy atom. The quantitative estimate of drug-likeness (QED) is 0.685. The minimum atomic E-state index is 0.562. The molecule has 0 aliphatic heterocycles. The smallest absolute Gasteiger partial charge is 0.170 e. The van der Waals surface area contributed by atoms with Gasteiger partial charge < -0.3 is 15.4 Å². The largest absolute Gasteiger partial charge is 0.494 e. The molecule has 1 atom stereocenters. The summed E-state index contributed by atoms with van der Waals surface area (Å²) in [4.78, 5) is 0. The lowest BCUT2D eigenvalue weighted by Gasteiger charge is -2.18. The van der Waals surface area contributed by atoms with Crippen LogP contribution in [0.2, 0.25) is 0 Å². The second-order valence-corrected chi connectivity index (χ2v) is 6.16. The van der Waals surface area contributed by atoms with Gasteiger partial charge in [0.25, 0.3) is 0 Å². The van der Waals surface area contributed by atoms with Crippen molar-refractivity contribution in [2.75, 3.05) is 18.5 Å². The van der Waals surface area contributed by atoms with Gasteiger partial charge in [-0.1, -0.05) is 43.7 Å². The molecule has 4 heteroatoms. The lowest BCUT2D eigenvalue weighted by Crippen LogP contribution is -2.33. The van der Waals surface area contributed by atoms with Gasteiger partial charge in [0, 0.05) is 12.2 Å². The van der Waals surface area contributed by atoms with Crippen LogP contribution in [-0.4, -0.2) is 18.3 Å². The Kier molecular flexibility index (Phi) is 7.56. The van der Waals surface area contributed by atoms with Gasteiger partial charge in [0.1, 0.15) is 5.75 Å². The molecule has 0 saturated carbocycles. The van der Waals surface area contributed by atoms with Crippen LogP contribution in [0.5, 0.6) is 5.75 Å². The van der Waals surface area contributed by atoms with E-state index in [2.05, 4.69) is 47.9 Å². The average molecular weight is 343 g/mol. The Morgan fingerprint density at radius 1 is 1.04 bits per heavy atom. The van der Waals surface area contributed by atoms with Gasteiger partial charge in [0.05, 0.1) is 6.61 Å². The highest BCUT2D eigenvalue weighted by atomic mass is 32.1. The molecular weight excluding hydrogens is 316 g/mol. The monoisotopic (exact) mass is 342 g/mol. The molecular formula is C20H26N2OS. The van der Waals surface area contributed by atoms with Crippen molar-refractivity contribution in [1.82, 2.24) is 5.32 Å². The second kappa shape index (κ2) is 9.93. The van der Waals surface area contributed by atoms with Gasteiger partial charge in [-0.3, -0.25) is 0 Å². The van der Waals surface area contributed by atoms with Crippen LogP contribution in [0.25, 0.3) is 0 Å². The highest BCUT2D eigenvalue weighted by molar-refractivity contribution is 7.80. The van der Waals surface area contributed by atoms with Crippen molar-refractivity contribution in [3.05, 3.63) is 60.2 Å². The van der Waals surface area contributed by atoms with E-state index >= 15 is 0 Å². The van der Waals surface area contributed by atoms with E-state index in [1.54, 1.807) is 0 Å². The topological polar surface area (TPSA) is 33.3 Å². The number of benzene rings is 2. The fourth-order valence-electron chi connectivity index (χ4n) is 2.52.